The Morgan fingerprint density at radius 1 is 0.930 bits per heavy atom. The van der Waals surface area contributed by atoms with Crippen LogP contribution in [0.4, 0.5) is 17.6 Å². The van der Waals surface area contributed by atoms with Crippen LogP contribution in [0.15, 0.2) is 30.3 Å². The van der Waals surface area contributed by atoms with Gasteiger partial charge in [0, 0.05) is 31.9 Å². The van der Waals surface area contributed by atoms with E-state index in [9.17, 15) is 32.3 Å². The summed E-state index contributed by atoms with van der Waals surface area (Å²) in [6, 6.07) is 8.41. The van der Waals surface area contributed by atoms with E-state index < -0.39 is 64.7 Å². The van der Waals surface area contributed by atoms with Crippen LogP contribution in [0.5, 0.6) is 17.2 Å². The lowest BCUT2D eigenvalue weighted by Crippen LogP contribution is -2.49. The maximum atomic E-state index is 14.4. The summed E-state index contributed by atoms with van der Waals surface area (Å²) in [5.74, 6) is -10.7. The summed E-state index contributed by atoms with van der Waals surface area (Å²) in [7, 11) is 0. The average molecular weight is 604 g/mol. The van der Waals surface area contributed by atoms with Crippen molar-refractivity contribution in [3.05, 3.63) is 87.0 Å². The number of amides is 1. The summed E-state index contributed by atoms with van der Waals surface area (Å²) in [4.78, 5) is 26.2. The number of hydrogen-bond donors (Lipinski definition) is 2. The molecule has 1 heterocycles. The van der Waals surface area contributed by atoms with Crippen LogP contribution < -0.4 is 19.6 Å². The zero-order valence-corrected chi connectivity index (χ0v) is 24.6. The zero-order chi connectivity index (χ0) is 32.0. The molecule has 43 heavy (non-hydrogen) atoms. The minimum Gasteiger partial charge on any atom is -0.485 e. The first-order chi connectivity index (χ1) is 20.0. The number of hydrazine groups is 1. The molecule has 1 atom stereocenters. The van der Waals surface area contributed by atoms with Crippen molar-refractivity contribution in [2.75, 3.05) is 6.61 Å². The molecule has 0 radical (unpaired) electrons. The molecule has 0 aromatic heterocycles. The molecular weight excluding hydrogens is 572 g/mol. The Morgan fingerprint density at radius 3 is 2.16 bits per heavy atom. The second kappa shape index (κ2) is 11.6. The third kappa shape index (κ3) is 6.13. The number of ether oxygens (including phenoxy) is 3. The number of aliphatic hydroxyl groups is 1. The third-order valence-electron chi connectivity index (χ3n) is 6.75. The quantitative estimate of drug-likeness (QED) is 0.0448. The highest BCUT2D eigenvalue weighted by Gasteiger charge is 2.36. The average Bonchev–Trinajstić information content (AvgIpc) is 2.94. The first-order valence-electron chi connectivity index (χ1n) is 13.2. The number of hydrogen-bond acceptors (Lipinski definition) is 5. The number of aliphatic hydroxyl groups excluding tert-OH is 1. The fraction of sp³-hybridized carbons (Fsp3) is 0.323. The molecule has 1 aliphatic rings. The number of nitrogens with zero attached hydrogens (tertiary/aromatic N) is 1. The number of nitrogens with one attached hydrogen (secondary N) is 1. The molecule has 4 rings (SSSR count). The summed E-state index contributed by atoms with van der Waals surface area (Å²) < 4.78 is 73.4. The topological polar surface area (TPSA) is 97.1 Å². The minimum atomic E-state index is -2.01. The Morgan fingerprint density at radius 2 is 1.56 bits per heavy atom. The Bertz CT molecular complexity index is 1630. The predicted octanol–water partition coefficient (Wildman–Crippen LogP) is 5.68. The lowest BCUT2D eigenvalue weighted by atomic mass is 10.0. The number of esters is 1. The molecule has 1 aliphatic heterocycles. The molecule has 0 spiro atoms. The van der Waals surface area contributed by atoms with Crippen LogP contribution in [0.25, 0.3) is 0 Å². The van der Waals surface area contributed by atoms with Crippen molar-refractivity contribution < 1.29 is 51.2 Å². The van der Waals surface area contributed by atoms with E-state index in [1.54, 1.807) is 32.9 Å². The van der Waals surface area contributed by atoms with Gasteiger partial charge >= 0.3 is 17.8 Å². The van der Waals surface area contributed by atoms with Gasteiger partial charge in [-0.05, 0) is 63.1 Å². The summed E-state index contributed by atoms with van der Waals surface area (Å²) in [5.41, 5.74) is 3.77. The molecule has 0 bridgehead atoms. The van der Waals surface area contributed by atoms with Gasteiger partial charge in [0.1, 0.15) is 6.61 Å². The number of aryl methyl sites for hydroxylation is 2. The molecule has 0 saturated heterocycles. The van der Waals surface area contributed by atoms with Crippen LogP contribution in [0.2, 0.25) is 0 Å². The largest absolute Gasteiger partial charge is 0.485 e. The van der Waals surface area contributed by atoms with Crippen molar-refractivity contribution in [1.29, 1.82) is 0 Å². The van der Waals surface area contributed by atoms with Crippen LogP contribution in [0.1, 0.15) is 58.9 Å². The van der Waals surface area contributed by atoms with E-state index in [2.05, 4.69) is 5.43 Å². The third-order valence-corrected chi connectivity index (χ3v) is 6.75. The number of benzene rings is 3. The van der Waals surface area contributed by atoms with E-state index >= 15 is 0 Å². The van der Waals surface area contributed by atoms with E-state index in [0.29, 0.717) is 5.56 Å². The number of fused-ring (bicyclic) bond motifs is 1. The summed E-state index contributed by atoms with van der Waals surface area (Å²) >= 11 is 0. The van der Waals surface area contributed by atoms with Crippen LogP contribution in [-0.2, 0) is 4.79 Å². The van der Waals surface area contributed by atoms with Crippen molar-refractivity contribution in [2.45, 2.75) is 60.1 Å². The van der Waals surface area contributed by atoms with Crippen LogP contribution >= 0.6 is 0 Å². The number of carbonyl (C=O) groups is 2. The molecule has 0 saturated carbocycles. The van der Waals surface area contributed by atoms with Gasteiger partial charge in [0.05, 0.1) is 11.1 Å². The first-order valence-corrected chi connectivity index (χ1v) is 13.2. The SMILES string of the molecule is Cc1cc(C)cc(C(O)=[N+](NC(=O)c2ccc3c(c2C)O[C@@H](C(=O)Oc2c(F)c(C)c(F)c(F)c2F)CO3)C(C)(C)C)c1. The van der Waals surface area contributed by atoms with Gasteiger partial charge in [0.2, 0.25) is 17.7 Å². The number of halogens is 4. The highest BCUT2D eigenvalue weighted by atomic mass is 19.2. The molecule has 1 amide bonds. The summed E-state index contributed by atoms with van der Waals surface area (Å²) in [6.07, 6.45) is -1.57. The van der Waals surface area contributed by atoms with Gasteiger partial charge in [-0.25, -0.2) is 18.0 Å². The molecule has 8 nitrogen and oxygen atoms in total. The van der Waals surface area contributed by atoms with Crippen molar-refractivity contribution in [2.24, 2.45) is 0 Å². The zero-order valence-electron chi connectivity index (χ0n) is 24.6. The van der Waals surface area contributed by atoms with Crippen LogP contribution in [0.3, 0.4) is 0 Å². The standard InChI is InChI=1S/C31H30F4N2O6/c1-14-10-15(2)12-18(11-14)29(39)37(31(5,6)7)36-28(38)19-8-9-20-26(16(19)3)42-21(13-41-20)30(40)43-27-23(33)17(4)22(32)24(34)25(27)35/h8-12,21H,13H2,1-7H3,(H,36,38)/p+1/t21-/m1/s1. The molecule has 0 unspecified atom stereocenters. The highest BCUT2D eigenvalue weighted by Crippen LogP contribution is 2.38. The van der Waals surface area contributed by atoms with Crippen molar-refractivity contribution in [1.82, 2.24) is 5.43 Å². The summed E-state index contributed by atoms with van der Waals surface area (Å²) in [5, 5.41) is 11.2. The lowest BCUT2D eigenvalue weighted by molar-refractivity contribution is -0.642. The lowest BCUT2D eigenvalue weighted by Gasteiger charge is -2.27. The van der Waals surface area contributed by atoms with E-state index in [4.69, 9.17) is 14.2 Å². The highest BCUT2D eigenvalue weighted by molar-refractivity contribution is 5.97. The van der Waals surface area contributed by atoms with Gasteiger partial charge in [0.25, 0.3) is 0 Å². The maximum Gasteiger partial charge on any atom is 0.397 e. The van der Waals surface area contributed by atoms with Gasteiger partial charge in [-0.2, -0.15) is 4.39 Å². The Balaban J connectivity index is 1.62. The molecule has 228 valence electrons. The minimum absolute atomic E-state index is 0.0203. The Hall–Kier alpha value is -4.61. The molecule has 0 aliphatic carbocycles. The molecule has 0 fully saturated rings. The van der Waals surface area contributed by atoms with E-state index in [0.717, 1.165) is 18.1 Å². The van der Waals surface area contributed by atoms with E-state index in [1.165, 1.54) is 23.7 Å². The summed E-state index contributed by atoms with van der Waals surface area (Å²) in [6.45, 7) is 11.1. The number of rotatable bonds is 5. The molecule has 3 aromatic rings. The molecule has 3 aromatic carbocycles. The van der Waals surface area contributed by atoms with E-state index in [-0.39, 0.29) is 28.5 Å². The van der Waals surface area contributed by atoms with Gasteiger partial charge in [-0.1, -0.05) is 10.8 Å². The second-order valence-electron chi connectivity index (χ2n) is 11.3. The van der Waals surface area contributed by atoms with Gasteiger partial charge in [0.15, 0.2) is 34.5 Å². The van der Waals surface area contributed by atoms with Crippen molar-refractivity contribution >= 4 is 17.8 Å². The van der Waals surface area contributed by atoms with E-state index in [1.807, 2.05) is 19.9 Å². The molecule has 12 heteroatoms. The first kappa shape index (κ1) is 31.3. The number of hydrazone groups is 1. The van der Waals surface area contributed by atoms with Crippen molar-refractivity contribution in [3.63, 3.8) is 0 Å². The van der Waals surface area contributed by atoms with Crippen LogP contribution in [-0.4, -0.2) is 45.8 Å². The second-order valence-corrected chi connectivity index (χ2v) is 11.3. The fourth-order valence-electron chi connectivity index (χ4n) is 4.54. The normalized spacial score (nSPS) is 15.1. The van der Waals surface area contributed by atoms with Gasteiger partial charge in [-0.15, -0.1) is 5.43 Å². The Labute approximate surface area is 245 Å². The smallest absolute Gasteiger partial charge is 0.397 e. The number of carbonyl (C=O) groups excluding carboxylic acids is 2. The Kier molecular flexibility index (Phi) is 8.44. The molecular formula is C31H31F4N2O6+. The van der Waals surface area contributed by atoms with Crippen molar-refractivity contribution in [3.8, 4) is 17.2 Å². The predicted molar refractivity (Wildman–Crippen MR) is 148 cm³/mol. The molecule has 2 N–H and O–H groups in total. The maximum absolute atomic E-state index is 14.4. The van der Waals surface area contributed by atoms with Gasteiger partial charge in [-0.3, -0.25) is 4.79 Å². The fourth-order valence-corrected chi connectivity index (χ4v) is 4.54. The van der Waals surface area contributed by atoms with Gasteiger partial charge < -0.3 is 19.3 Å². The van der Waals surface area contributed by atoms with Crippen LogP contribution in [0, 0.1) is 51.0 Å². The monoisotopic (exact) mass is 603 g/mol.